The van der Waals surface area contributed by atoms with Crippen molar-refractivity contribution in [3.8, 4) is 0 Å². The number of nitrogens with zero attached hydrogens (tertiary/aromatic N) is 5. The smallest absolute Gasteiger partial charge is 0.353 e. The highest BCUT2D eigenvalue weighted by atomic mass is 32.1. The summed E-state index contributed by atoms with van der Waals surface area (Å²) in [6, 6.07) is 0. The minimum absolute atomic E-state index is 0.124. The van der Waals surface area contributed by atoms with Gasteiger partial charge in [-0.3, -0.25) is 15.0 Å². The number of rotatable bonds is 7. The van der Waals surface area contributed by atoms with Gasteiger partial charge in [0.2, 0.25) is 11.6 Å². The van der Waals surface area contributed by atoms with E-state index in [0.717, 1.165) is 32.8 Å². The maximum atomic E-state index is 11.4. The quantitative estimate of drug-likeness (QED) is 0.562. The van der Waals surface area contributed by atoms with Crippen molar-refractivity contribution >= 4 is 33.8 Å². The molecule has 2 aromatic heterocycles. The second-order valence-electron chi connectivity index (χ2n) is 5.02. The minimum Gasteiger partial charge on any atom is -0.379 e. The predicted octanol–water partition coefficient (Wildman–Crippen LogP) is 1.33. The molecule has 1 saturated heterocycles. The molecule has 1 fully saturated rings. The van der Waals surface area contributed by atoms with E-state index in [9.17, 15) is 10.1 Å². The molecule has 24 heavy (non-hydrogen) atoms. The molecule has 2 aromatic rings. The van der Waals surface area contributed by atoms with E-state index >= 15 is 0 Å². The van der Waals surface area contributed by atoms with Crippen molar-refractivity contribution in [2.75, 3.05) is 50.0 Å². The second-order valence-corrected chi connectivity index (χ2v) is 5.91. The zero-order valence-electron chi connectivity index (χ0n) is 12.8. The van der Waals surface area contributed by atoms with Crippen LogP contribution < -0.4 is 10.6 Å². The molecule has 0 amide bonds. The summed E-state index contributed by atoms with van der Waals surface area (Å²) < 4.78 is 5.30. The van der Waals surface area contributed by atoms with E-state index in [1.807, 2.05) is 0 Å². The first-order valence-corrected chi connectivity index (χ1v) is 8.32. The molecule has 0 spiro atoms. The molecule has 0 radical (unpaired) electrons. The molecule has 0 aliphatic carbocycles. The van der Waals surface area contributed by atoms with Crippen LogP contribution in [-0.4, -0.2) is 64.2 Å². The number of nitro groups is 1. The Bertz CT molecular complexity index is 676. The van der Waals surface area contributed by atoms with Gasteiger partial charge in [0.25, 0.3) is 0 Å². The van der Waals surface area contributed by atoms with Crippen LogP contribution in [0.3, 0.4) is 0 Å². The fourth-order valence-electron chi connectivity index (χ4n) is 2.32. The topological polar surface area (TPSA) is 118 Å². The monoisotopic (exact) mass is 351 g/mol. The fraction of sp³-hybridized carbons (Fsp3) is 0.462. The highest BCUT2D eigenvalue weighted by Crippen LogP contribution is 2.31. The summed E-state index contributed by atoms with van der Waals surface area (Å²) in [6.07, 6.45) is 2.90. The Labute approximate surface area is 142 Å². The summed E-state index contributed by atoms with van der Waals surface area (Å²) >= 11 is 1.34. The summed E-state index contributed by atoms with van der Waals surface area (Å²) in [5, 5.41) is 19.6. The molecule has 10 nitrogen and oxygen atoms in total. The largest absolute Gasteiger partial charge is 0.379 e. The summed E-state index contributed by atoms with van der Waals surface area (Å²) in [4.78, 5) is 25.2. The van der Waals surface area contributed by atoms with Crippen molar-refractivity contribution in [1.82, 2.24) is 19.9 Å². The van der Waals surface area contributed by atoms with Gasteiger partial charge in [-0.15, -0.1) is 11.3 Å². The Kier molecular flexibility index (Phi) is 5.46. The molecule has 1 aliphatic heterocycles. The van der Waals surface area contributed by atoms with Gasteiger partial charge in [0.1, 0.15) is 6.33 Å². The highest BCUT2D eigenvalue weighted by molar-refractivity contribution is 7.13. The fourth-order valence-corrected chi connectivity index (χ4v) is 2.84. The molecule has 0 bridgehead atoms. The van der Waals surface area contributed by atoms with Crippen LogP contribution in [-0.2, 0) is 4.74 Å². The van der Waals surface area contributed by atoms with E-state index in [4.69, 9.17) is 4.74 Å². The molecular weight excluding hydrogens is 334 g/mol. The molecule has 0 unspecified atom stereocenters. The van der Waals surface area contributed by atoms with Gasteiger partial charge in [-0.05, 0) is 0 Å². The van der Waals surface area contributed by atoms with Crippen molar-refractivity contribution in [3.05, 3.63) is 28.0 Å². The molecule has 3 heterocycles. The van der Waals surface area contributed by atoms with Crippen molar-refractivity contribution < 1.29 is 9.66 Å². The van der Waals surface area contributed by atoms with Gasteiger partial charge < -0.3 is 15.4 Å². The Balaban J connectivity index is 1.68. The molecule has 0 aromatic carbocycles. The number of morpholine rings is 1. The SMILES string of the molecule is O=[N+]([O-])c1c(NCCN2CCOCC2)ncnc1Nc1nccs1. The number of anilines is 3. The van der Waals surface area contributed by atoms with E-state index in [1.165, 1.54) is 17.7 Å². The maximum absolute atomic E-state index is 11.4. The van der Waals surface area contributed by atoms with E-state index in [0.29, 0.717) is 11.7 Å². The molecule has 128 valence electrons. The number of ether oxygens (including phenoxy) is 1. The zero-order valence-corrected chi connectivity index (χ0v) is 13.7. The lowest BCUT2D eigenvalue weighted by Gasteiger charge is -2.26. The first kappa shape index (κ1) is 16.5. The van der Waals surface area contributed by atoms with Crippen molar-refractivity contribution in [3.63, 3.8) is 0 Å². The lowest BCUT2D eigenvalue weighted by atomic mass is 10.4. The van der Waals surface area contributed by atoms with Crippen LogP contribution >= 0.6 is 11.3 Å². The third-order valence-electron chi connectivity index (χ3n) is 3.49. The molecule has 11 heteroatoms. The van der Waals surface area contributed by atoms with Crippen LogP contribution in [0.5, 0.6) is 0 Å². The maximum Gasteiger partial charge on any atom is 0.353 e. The number of thiazole rings is 1. The third-order valence-corrected chi connectivity index (χ3v) is 4.18. The Morgan fingerprint density at radius 2 is 2.08 bits per heavy atom. The normalized spacial score (nSPS) is 15.2. The number of aromatic nitrogens is 3. The number of hydrogen-bond acceptors (Lipinski definition) is 10. The standard InChI is InChI=1S/C13H17N7O3S/c21-20(22)10-11(14-1-3-19-4-6-23-7-5-19)16-9-17-12(10)18-13-15-2-8-24-13/h2,8-9H,1,3-7H2,(H2,14,15,16,17,18). The Hall–Kier alpha value is -2.37. The summed E-state index contributed by atoms with van der Waals surface area (Å²) in [6.45, 7) is 4.48. The van der Waals surface area contributed by atoms with E-state index in [-0.39, 0.29) is 17.3 Å². The molecule has 1 aliphatic rings. The first-order chi connectivity index (χ1) is 11.7. The number of nitrogens with one attached hydrogen (secondary N) is 2. The number of hydrogen-bond donors (Lipinski definition) is 2. The average Bonchev–Trinajstić information content (AvgIpc) is 3.09. The molecule has 0 atom stereocenters. The molecule has 2 N–H and O–H groups in total. The van der Waals surface area contributed by atoms with Gasteiger partial charge in [-0.1, -0.05) is 0 Å². The van der Waals surface area contributed by atoms with E-state index in [1.54, 1.807) is 11.6 Å². The highest BCUT2D eigenvalue weighted by Gasteiger charge is 2.23. The van der Waals surface area contributed by atoms with Crippen molar-refractivity contribution in [2.45, 2.75) is 0 Å². The average molecular weight is 351 g/mol. The minimum atomic E-state index is -0.493. The van der Waals surface area contributed by atoms with Gasteiger partial charge in [0, 0.05) is 37.8 Å². The summed E-state index contributed by atoms with van der Waals surface area (Å²) in [7, 11) is 0. The second kappa shape index (κ2) is 7.95. The van der Waals surface area contributed by atoms with Crippen LogP contribution in [0.25, 0.3) is 0 Å². The lowest BCUT2D eigenvalue weighted by Crippen LogP contribution is -2.39. The van der Waals surface area contributed by atoms with Gasteiger partial charge in [-0.2, -0.15) is 0 Å². The summed E-state index contributed by atoms with van der Waals surface area (Å²) in [5.74, 6) is 0.320. The van der Waals surface area contributed by atoms with E-state index < -0.39 is 4.92 Å². The van der Waals surface area contributed by atoms with Crippen LogP contribution in [0.1, 0.15) is 0 Å². The predicted molar refractivity (Wildman–Crippen MR) is 89.8 cm³/mol. The van der Waals surface area contributed by atoms with Gasteiger partial charge in [0.05, 0.1) is 18.1 Å². The third kappa shape index (κ3) is 4.13. The van der Waals surface area contributed by atoms with E-state index in [2.05, 4.69) is 30.5 Å². The van der Waals surface area contributed by atoms with Crippen molar-refractivity contribution in [2.24, 2.45) is 0 Å². The Morgan fingerprint density at radius 3 is 2.79 bits per heavy atom. The summed E-state index contributed by atoms with van der Waals surface area (Å²) in [5.41, 5.74) is -0.185. The molecule has 3 rings (SSSR count). The molecular formula is C13H17N7O3S. The van der Waals surface area contributed by atoms with Crippen LogP contribution in [0, 0.1) is 10.1 Å². The molecule has 0 saturated carbocycles. The lowest BCUT2D eigenvalue weighted by molar-refractivity contribution is -0.383. The van der Waals surface area contributed by atoms with Gasteiger partial charge in [-0.25, -0.2) is 15.0 Å². The van der Waals surface area contributed by atoms with Crippen LogP contribution in [0.4, 0.5) is 22.5 Å². The van der Waals surface area contributed by atoms with Crippen molar-refractivity contribution in [1.29, 1.82) is 0 Å². The first-order valence-electron chi connectivity index (χ1n) is 7.44. The zero-order chi connectivity index (χ0) is 16.8. The van der Waals surface area contributed by atoms with Crippen LogP contribution in [0.15, 0.2) is 17.9 Å². The van der Waals surface area contributed by atoms with Crippen LogP contribution in [0.2, 0.25) is 0 Å². The van der Waals surface area contributed by atoms with Gasteiger partial charge >= 0.3 is 5.69 Å². The van der Waals surface area contributed by atoms with Gasteiger partial charge in [0.15, 0.2) is 5.13 Å². The Morgan fingerprint density at radius 1 is 1.29 bits per heavy atom.